The Hall–Kier alpha value is -6.55. The lowest BCUT2D eigenvalue weighted by Gasteiger charge is -2.35. The molecule has 9 aromatic rings. The van der Waals surface area contributed by atoms with Crippen LogP contribution >= 0.6 is 11.3 Å². The van der Waals surface area contributed by atoms with Crippen LogP contribution in [-0.2, 0) is 10.8 Å². The van der Waals surface area contributed by atoms with Crippen molar-refractivity contribution in [3.63, 3.8) is 0 Å². The lowest BCUT2D eigenvalue weighted by Crippen LogP contribution is -2.28. The van der Waals surface area contributed by atoms with E-state index in [2.05, 4.69) is 213 Å². The van der Waals surface area contributed by atoms with Gasteiger partial charge in [-0.3, -0.25) is 0 Å². The first-order valence-corrected chi connectivity index (χ1v) is 20.2. The van der Waals surface area contributed by atoms with E-state index < -0.39 is 5.41 Å². The second-order valence-corrected chi connectivity index (χ2v) is 16.6. The molecule has 266 valence electrons. The molecule has 0 bridgehead atoms. The van der Waals surface area contributed by atoms with E-state index in [9.17, 15) is 0 Å². The number of fused-ring (bicyclic) bond motifs is 7. The van der Waals surface area contributed by atoms with E-state index in [1.807, 2.05) is 0 Å². The number of benzene rings is 8. The first kappa shape index (κ1) is 32.8. The van der Waals surface area contributed by atoms with Gasteiger partial charge >= 0.3 is 0 Å². The Morgan fingerprint density at radius 1 is 0.429 bits per heavy atom. The summed E-state index contributed by atoms with van der Waals surface area (Å²) in [5.74, 6) is 0. The first-order chi connectivity index (χ1) is 27.5. The maximum atomic E-state index is 5.07. The summed E-state index contributed by atoms with van der Waals surface area (Å²) in [6, 6.07) is 71.5. The fraction of sp³-hybridized carbons (Fsp3) is 0.0755. The van der Waals surface area contributed by atoms with Gasteiger partial charge in [-0.25, -0.2) is 4.98 Å². The van der Waals surface area contributed by atoms with E-state index in [4.69, 9.17) is 4.98 Å². The fourth-order valence-electron chi connectivity index (χ4n) is 9.61. The van der Waals surface area contributed by atoms with Crippen molar-refractivity contribution in [1.29, 1.82) is 0 Å². The quantitative estimate of drug-likeness (QED) is 0.169. The highest BCUT2D eigenvalue weighted by Crippen LogP contribution is 2.58. The molecule has 0 saturated heterocycles. The van der Waals surface area contributed by atoms with E-state index in [1.54, 1.807) is 11.3 Å². The minimum atomic E-state index is -0.496. The molecule has 0 aliphatic heterocycles. The van der Waals surface area contributed by atoms with Gasteiger partial charge in [-0.05, 0) is 98.1 Å². The maximum absolute atomic E-state index is 5.07. The number of hydrogen-bond acceptors (Lipinski definition) is 3. The van der Waals surface area contributed by atoms with Crippen molar-refractivity contribution >= 4 is 38.6 Å². The molecule has 11 rings (SSSR count). The second kappa shape index (κ2) is 12.5. The van der Waals surface area contributed by atoms with E-state index in [1.165, 1.54) is 55.6 Å². The van der Waals surface area contributed by atoms with Crippen molar-refractivity contribution in [2.45, 2.75) is 24.7 Å². The average Bonchev–Trinajstić information content (AvgIpc) is 3.89. The summed E-state index contributed by atoms with van der Waals surface area (Å²) in [5.41, 5.74) is 17.9. The molecule has 0 fully saturated rings. The Balaban J connectivity index is 1.16. The molecule has 0 spiro atoms. The highest BCUT2D eigenvalue weighted by Gasteiger charge is 2.46. The number of nitrogens with zero attached hydrogens (tertiary/aromatic N) is 2. The highest BCUT2D eigenvalue weighted by atomic mass is 32.1. The maximum Gasteiger partial charge on any atom is 0.124 e. The Labute approximate surface area is 332 Å². The molecular weight excluding hydrogens is 697 g/mol. The minimum absolute atomic E-state index is 0.130. The fourth-order valence-corrected chi connectivity index (χ4v) is 10.6. The van der Waals surface area contributed by atoms with Crippen molar-refractivity contribution in [2.24, 2.45) is 0 Å². The van der Waals surface area contributed by atoms with Gasteiger partial charge in [0.25, 0.3) is 0 Å². The van der Waals surface area contributed by atoms with Crippen molar-refractivity contribution < 1.29 is 0 Å². The second-order valence-electron chi connectivity index (χ2n) is 15.5. The van der Waals surface area contributed by atoms with Gasteiger partial charge in [0.1, 0.15) is 5.01 Å². The van der Waals surface area contributed by atoms with Gasteiger partial charge in [-0.15, -0.1) is 11.3 Å². The van der Waals surface area contributed by atoms with Crippen LogP contribution in [0.3, 0.4) is 0 Å². The van der Waals surface area contributed by atoms with E-state index in [0.717, 1.165) is 37.8 Å². The summed E-state index contributed by atoms with van der Waals surface area (Å²) in [6.07, 6.45) is 0. The summed E-state index contributed by atoms with van der Waals surface area (Å²) in [6.45, 7) is 4.72. The van der Waals surface area contributed by atoms with Crippen molar-refractivity contribution in [3.05, 3.63) is 228 Å². The predicted molar refractivity (Wildman–Crippen MR) is 235 cm³/mol. The summed E-state index contributed by atoms with van der Waals surface area (Å²) in [7, 11) is 0. The third-order valence-corrected chi connectivity index (χ3v) is 13.2. The predicted octanol–water partition coefficient (Wildman–Crippen LogP) is 14.1. The van der Waals surface area contributed by atoms with Crippen LogP contribution in [0, 0.1) is 0 Å². The molecule has 0 unspecified atom stereocenters. The first-order valence-electron chi connectivity index (χ1n) is 19.4. The third-order valence-electron chi connectivity index (χ3n) is 12.2. The van der Waals surface area contributed by atoms with Crippen molar-refractivity contribution in [1.82, 2.24) is 4.98 Å². The van der Waals surface area contributed by atoms with Gasteiger partial charge in [-0.1, -0.05) is 166 Å². The molecule has 0 N–H and O–H groups in total. The zero-order valence-corrected chi connectivity index (χ0v) is 32.1. The molecular formula is C53H38N2S. The molecule has 0 amide bonds. The van der Waals surface area contributed by atoms with Crippen LogP contribution in [0.15, 0.2) is 194 Å². The Morgan fingerprint density at radius 3 is 1.57 bits per heavy atom. The summed E-state index contributed by atoms with van der Waals surface area (Å²) >= 11 is 1.75. The van der Waals surface area contributed by atoms with E-state index in [0.29, 0.717) is 0 Å². The van der Waals surface area contributed by atoms with Crippen LogP contribution in [0.4, 0.5) is 17.1 Å². The minimum Gasteiger partial charge on any atom is -0.310 e. The Morgan fingerprint density at radius 2 is 0.911 bits per heavy atom. The third kappa shape index (κ3) is 4.77. The van der Waals surface area contributed by atoms with Crippen molar-refractivity contribution in [3.8, 4) is 32.8 Å². The number of aromatic nitrogens is 1. The van der Waals surface area contributed by atoms with Gasteiger partial charge in [-0.2, -0.15) is 0 Å². The number of anilines is 3. The summed E-state index contributed by atoms with van der Waals surface area (Å²) in [4.78, 5) is 7.54. The van der Waals surface area contributed by atoms with Crippen molar-refractivity contribution in [2.75, 3.05) is 4.90 Å². The molecule has 1 aromatic heterocycles. The van der Waals surface area contributed by atoms with Crippen LogP contribution in [0.1, 0.15) is 47.2 Å². The zero-order chi connectivity index (χ0) is 37.4. The molecule has 8 aromatic carbocycles. The smallest absolute Gasteiger partial charge is 0.124 e. The molecule has 2 aliphatic rings. The van der Waals surface area contributed by atoms with E-state index >= 15 is 0 Å². The molecule has 56 heavy (non-hydrogen) atoms. The number of hydrogen-bond donors (Lipinski definition) is 0. The summed E-state index contributed by atoms with van der Waals surface area (Å²) in [5, 5.41) is 1.03. The molecule has 0 saturated carbocycles. The van der Waals surface area contributed by atoms with Crippen LogP contribution in [0.5, 0.6) is 0 Å². The van der Waals surface area contributed by atoms with Crippen LogP contribution in [0.2, 0.25) is 0 Å². The van der Waals surface area contributed by atoms with Gasteiger partial charge < -0.3 is 4.90 Å². The molecule has 0 radical (unpaired) electrons. The monoisotopic (exact) mass is 734 g/mol. The van der Waals surface area contributed by atoms with Crippen LogP contribution in [-0.4, -0.2) is 4.98 Å². The SMILES string of the molecule is CC1(C)c2ccccc2-c2ccc(N(c3ccc4c(c3)C(c3ccccc3)(c3ccccc3)c3ccccc3-4)c3ccc4nc(-c5ccccc5)sc4c3)cc21. The van der Waals surface area contributed by atoms with Crippen LogP contribution in [0.25, 0.3) is 43.0 Å². The average molecular weight is 735 g/mol. The Bertz CT molecular complexity index is 2900. The normalized spacial score (nSPS) is 14.2. The largest absolute Gasteiger partial charge is 0.310 e. The lowest BCUT2D eigenvalue weighted by molar-refractivity contribution is 0.660. The van der Waals surface area contributed by atoms with Gasteiger partial charge in [0.2, 0.25) is 0 Å². The standard InChI is InChI=1S/C53H38N2S/c1-52(2)45-24-14-12-22-41(45)43-29-26-38(32-47(43)52)55(40-28-31-49-50(34-40)56-51(54-49)35-16-6-3-7-17-35)39-27-30-44-42-23-13-15-25-46(42)53(48(44)33-39,36-18-8-4-9-19-36)37-20-10-5-11-21-37/h3-34H,1-2H3. The number of rotatable bonds is 6. The topological polar surface area (TPSA) is 16.1 Å². The number of thiazole rings is 1. The van der Waals surface area contributed by atoms with Crippen LogP contribution < -0.4 is 4.90 Å². The van der Waals surface area contributed by atoms with Gasteiger partial charge in [0.05, 0.1) is 15.6 Å². The van der Waals surface area contributed by atoms with Gasteiger partial charge in [0, 0.05) is 28.0 Å². The zero-order valence-electron chi connectivity index (χ0n) is 31.3. The lowest BCUT2D eigenvalue weighted by atomic mass is 9.67. The highest BCUT2D eigenvalue weighted by molar-refractivity contribution is 7.21. The Kier molecular flexibility index (Phi) is 7.33. The van der Waals surface area contributed by atoms with E-state index in [-0.39, 0.29) is 5.41 Å². The molecule has 2 nitrogen and oxygen atoms in total. The molecule has 2 aliphatic carbocycles. The molecule has 0 atom stereocenters. The molecule has 3 heteroatoms. The summed E-state index contributed by atoms with van der Waals surface area (Å²) < 4.78 is 1.16. The van der Waals surface area contributed by atoms with Gasteiger partial charge in [0.15, 0.2) is 0 Å². The molecule has 1 heterocycles.